The highest BCUT2D eigenvalue weighted by Gasteiger charge is 2.28. The van der Waals surface area contributed by atoms with Crippen LogP contribution in [0.2, 0.25) is 0 Å². The van der Waals surface area contributed by atoms with Gasteiger partial charge < -0.3 is 4.90 Å². The summed E-state index contributed by atoms with van der Waals surface area (Å²) in [6, 6.07) is 3.80. The van der Waals surface area contributed by atoms with Gasteiger partial charge in [0.05, 0.1) is 0 Å². The number of pyridine rings is 1. The predicted molar refractivity (Wildman–Crippen MR) is 58.7 cm³/mol. The van der Waals surface area contributed by atoms with Crippen molar-refractivity contribution in [1.82, 2.24) is 4.98 Å². The highest BCUT2D eigenvalue weighted by atomic mass is 79.9. The molecule has 0 saturated carbocycles. The topological polar surface area (TPSA) is 33.2 Å². The van der Waals surface area contributed by atoms with Gasteiger partial charge in [-0.05, 0) is 19.1 Å². The molecule has 1 amide bonds. The van der Waals surface area contributed by atoms with Gasteiger partial charge in [0.2, 0.25) is 5.91 Å². The summed E-state index contributed by atoms with van der Waals surface area (Å²) < 4.78 is 0. The smallest absolute Gasteiger partial charge is 0.228 e. The molecule has 2 heterocycles. The zero-order valence-corrected chi connectivity index (χ0v) is 9.49. The van der Waals surface area contributed by atoms with Crippen LogP contribution < -0.4 is 4.90 Å². The van der Waals surface area contributed by atoms with Crippen molar-refractivity contribution in [2.75, 3.05) is 11.4 Å². The van der Waals surface area contributed by atoms with Crippen LogP contribution in [0.3, 0.4) is 0 Å². The molecule has 0 N–H and O–H groups in total. The van der Waals surface area contributed by atoms with Gasteiger partial charge in [-0.3, -0.25) is 9.78 Å². The van der Waals surface area contributed by atoms with Crippen LogP contribution in [0.15, 0.2) is 18.3 Å². The second-order valence-electron chi connectivity index (χ2n) is 3.46. The zero-order valence-electron chi connectivity index (χ0n) is 7.90. The van der Waals surface area contributed by atoms with Crippen molar-refractivity contribution in [1.29, 1.82) is 0 Å². The highest BCUT2D eigenvalue weighted by molar-refractivity contribution is 9.09. The Bertz CT molecular complexity index is 367. The van der Waals surface area contributed by atoms with E-state index >= 15 is 0 Å². The number of carbonyl (C=O) groups is 1. The van der Waals surface area contributed by atoms with Gasteiger partial charge in [0, 0.05) is 35.4 Å². The molecular weight excluding hydrogens is 244 g/mol. The van der Waals surface area contributed by atoms with Gasteiger partial charge in [-0.15, -0.1) is 0 Å². The maximum Gasteiger partial charge on any atom is 0.228 e. The second kappa shape index (κ2) is 3.69. The Morgan fingerprint density at radius 1 is 1.64 bits per heavy atom. The minimum atomic E-state index is 0.178. The lowest BCUT2D eigenvalue weighted by Crippen LogP contribution is -2.24. The molecule has 3 nitrogen and oxygen atoms in total. The lowest BCUT2D eigenvalue weighted by molar-refractivity contribution is -0.117. The number of anilines is 1. The lowest BCUT2D eigenvalue weighted by atomic mass is 10.3. The number of rotatable bonds is 1. The van der Waals surface area contributed by atoms with Crippen LogP contribution in [0.1, 0.15) is 12.1 Å². The third-order valence-electron chi connectivity index (χ3n) is 2.27. The summed E-state index contributed by atoms with van der Waals surface area (Å²) in [5, 5.41) is 0. The summed E-state index contributed by atoms with van der Waals surface area (Å²) in [6.45, 7) is 2.68. The van der Waals surface area contributed by atoms with Crippen LogP contribution in [-0.4, -0.2) is 22.3 Å². The lowest BCUT2D eigenvalue weighted by Gasteiger charge is -2.15. The maximum absolute atomic E-state index is 11.6. The molecule has 0 aliphatic carbocycles. The molecule has 14 heavy (non-hydrogen) atoms. The highest BCUT2D eigenvalue weighted by Crippen LogP contribution is 2.24. The van der Waals surface area contributed by atoms with Crippen LogP contribution in [0.4, 0.5) is 5.69 Å². The van der Waals surface area contributed by atoms with Crippen molar-refractivity contribution >= 4 is 27.5 Å². The summed E-state index contributed by atoms with van der Waals surface area (Å²) >= 11 is 3.46. The van der Waals surface area contributed by atoms with Gasteiger partial charge in [0.15, 0.2) is 0 Å². The Kier molecular flexibility index (Phi) is 2.54. The number of hydrogen-bond acceptors (Lipinski definition) is 2. The third kappa shape index (κ3) is 1.80. The van der Waals surface area contributed by atoms with Crippen molar-refractivity contribution in [2.24, 2.45) is 0 Å². The molecule has 1 aromatic heterocycles. The first-order chi connectivity index (χ1) is 6.66. The fraction of sp³-hybridized carbons (Fsp3) is 0.400. The van der Waals surface area contributed by atoms with Crippen LogP contribution in [0.5, 0.6) is 0 Å². The minimum Gasteiger partial charge on any atom is -0.311 e. The Labute approximate surface area is 91.3 Å². The largest absolute Gasteiger partial charge is 0.311 e. The van der Waals surface area contributed by atoms with E-state index in [1.54, 1.807) is 11.1 Å². The number of nitrogens with zero attached hydrogens (tertiary/aromatic N) is 2. The normalized spacial score (nSPS) is 21.7. The molecule has 1 aliphatic heterocycles. The van der Waals surface area contributed by atoms with Gasteiger partial charge in [0.1, 0.15) is 0 Å². The number of aryl methyl sites for hydroxylation is 1. The molecule has 0 aromatic carbocycles. The fourth-order valence-electron chi connectivity index (χ4n) is 1.61. The Morgan fingerprint density at radius 2 is 2.43 bits per heavy atom. The molecule has 1 aromatic rings. The molecule has 0 radical (unpaired) electrons. The average Bonchev–Trinajstić information content (AvgIpc) is 2.45. The van der Waals surface area contributed by atoms with Crippen LogP contribution >= 0.6 is 15.9 Å². The first-order valence-corrected chi connectivity index (χ1v) is 5.45. The first kappa shape index (κ1) is 9.65. The minimum absolute atomic E-state index is 0.178. The Balaban J connectivity index is 2.27. The van der Waals surface area contributed by atoms with Crippen molar-refractivity contribution in [3.63, 3.8) is 0 Å². The van der Waals surface area contributed by atoms with E-state index in [9.17, 15) is 4.79 Å². The van der Waals surface area contributed by atoms with E-state index in [-0.39, 0.29) is 10.7 Å². The summed E-state index contributed by atoms with van der Waals surface area (Å²) in [5.74, 6) is 0.178. The van der Waals surface area contributed by atoms with Gasteiger partial charge in [-0.2, -0.15) is 0 Å². The van der Waals surface area contributed by atoms with E-state index in [4.69, 9.17) is 0 Å². The van der Waals surface area contributed by atoms with Gasteiger partial charge >= 0.3 is 0 Å². The van der Waals surface area contributed by atoms with Crippen molar-refractivity contribution in [3.05, 3.63) is 24.0 Å². The summed E-state index contributed by atoms with van der Waals surface area (Å²) in [7, 11) is 0. The molecule has 0 spiro atoms. The number of halogens is 1. The second-order valence-corrected chi connectivity index (χ2v) is 4.76. The van der Waals surface area contributed by atoms with Gasteiger partial charge in [0.25, 0.3) is 0 Å². The molecule has 4 heteroatoms. The van der Waals surface area contributed by atoms with E-state index in [0.29, 0.717) is 6.42 Å². The summed E-state index contributed by atoms with van der Waals surface area (Å²) in [4.78, 5) is 17.8. The molecular formula is C10H11BrN2O. The van der Waals surface area contributed by atoms with Crippen molar-refractivity contribution in [3.8, 4) is 0 Å². The van der Waals surface area contributed by atoms with Gasteiger partial charge in [-0.25, -0.2) is 0 Å². The number of amides is 1. The van der Waals surface area contributed by atoms with E-state index in [2.05, 4.69) is 20.9 Å². The number of alkyl halides is 1. The van der Waals surface area contributed by atoms with E-state index < -0.39 is 0 Å². The van der Waals surface area contributed by atoms with Gasteiger partial charge in [-0.1, -0.05) is 15.9 Å². The maximum atomic E-state index is 11.6. The molecule has 0 bridgehead atoms. The Hall–Kier alpha value is -0.900. The van der Waals surface area contributed by atoms with E-state index in [1.165, 1.54) is 0 Å². The molecule has 1 saturated heterocycles. The number of carbonyl (C=O) groups excluding carboxylic acids is 1. The fourth-order valence-corrected chi connectivity index (χ4v) is 2.18. The average molecular weight is 255 g/mol. The third-order valence-corrected chi connectivity index (χ3v) is 2.88. The van der Waals surface area contributed by atoms with E-state index in [1.807, 2.05) is 19.1 Å². The van der Waals surface area contributed by atoms with Crippen molar-refractivity contribution in [2.45, 2.75) is 18.2 Å². The molecule has 1 fully saturated rings. The molecule has 2 rings (SSSR count). The number of hydrogen-bond donors (Lipinski definition) is 0. The molecule has 1 unspecified atom stereocenters. The molecule has 1 aliphatic rings. The zero-order chi connectivity index (χ0) is 10.1. The number of aromatic nitrogens is 1. The summed E-state index contributed by atoms with van der Waals surface area (Å²) in [6.07, 6.45) is 2.32. The quantitative estimate of drug-likeness (QED) is 0.718. The van der Waals surface area contributed by atoms with Crippen molar-refractivity contribution < 1.29 is 4.79 Å². The monoisotopic (exact) mass is 254 g/mol. The van der Waals surface area contributed by atoms with Crippen LogP contribution in [0, 0.1) is 6.92 Å². The van der Waals surface area contributed by atoms with Crippen LogP contribution in [-0.2, 0) is 4.79 Å². The molecule has 74 valence electrons. The molecule has 1 atom stereocenters. The van der Waals surface area contributed by atoms with E-state index in [0.717, 1.165) is 17.9 Å². The predicted octanol–water partition coefficient (Wildman–Crippen LogP) is 1.89. The standard InChI is InChI=1S/C10H11BrN2O/c1-7-4-9(2-3-12-7)13-6-8(11)5-10(13)14/h2-4,8H,5-6H2,1H3. The summed E-state index contributed by atoms with van der Waals surface area (Å²) in [5.41, 5.74) is 1.89. The SMILES string of the molecule is Cc1cc(N2CC(Br)CC2=O)ccn1. The Morgan fingerprint density at radius 3 is 3.00 bits per heavy atom. The van der Waals surface area contributed by atoms with Crippen LogP contribution in [0.25, 0.3) is 0 Å². The first-order valence-electron chi connectivity index (χ1n) is 4.54.